The molecule has 3 heteroatoms. The van der Waals surface area contributed by atoms with E-state index in [9.17, 15) is 0 Å². The molecular formula is C16H27N3. The fourth-order valence-electron chi connectivity index (χ4n) is 2.92. The van der Waals surface area contributed by atoms with Crippen molar-refractivity contribution in [3.63, 3.8) is 0 Å². The number of anilines is 2. The van der Waals surface area contributed by atoms with Crippen molar-refractivity contribution < 1.29 is 0 Å². The summed E-state index contributed by atoms with van der Waals surface area (Å²) in [5.74, 6) is 1.90. The van der Waals surface area contributed by atoms with Crippen molar-refractivity contribution in [3.05, 3.63) is 17.8 Å². The lowest BCUT2D eigenvalue weighted by atomic mass is 9.77. The number of pyridine rings is 1. The zero-order valence-electron chi connectivity index (χ0n) is 12.7. The lowest BCUT2D eigenvalue weighted by molar-refractivity contribution is 0.220. The zero-order chi connectivity index (χ0) is 14.0. The van der Waals surface area contributed by atoms with Crippen molar-refractivity contribution in [2.75, 3.05) is 23.7 Å². The Bertz CT molecular complexity index is 434. The molecule has 19 heavy (non-hydrogen) atoms. The molecule has 1 aliphatic heterocycles. The van der Waals surface area contributed by atoms with Crippen LogP contribution in [0, 0.1) is 18.3 Å². The van der Waals surface area contributed by atoms with Crippen LogP contribution in [-0.4, -0.2) is 18.1 Å². The summed E-state index contributed by atoms with van der Waals surface area (Å²) in [6.07, 6.45) is 5.63. The van der Waals surface area contributed by atoms with E-state index in [-0.39, 0.29) is 0 Å². The Labute approximate surface area is 117 Å². The molecule has 2 heterocycles. The van der Waals surface area contributed by atoms with Crippen LogP contribution in [0.1, 0.15) is 45.6 Å². The molecule has 106 valence electrons. The molecule has 1 aromatic rings. The minimum atomic E-state index is 0.417. The van der Waals surface area contributed by atoms with Crippen LogP contribution < -0.4 is 10.6 Å². The molecule has 0 aromatic carbocycles. The van der Waals surface area contributed by atoms with Crippen molar-refractivity contribution in [2.24, 2.45) is 11.3 Å². The van der Waals surface area contributed by atoms with Gasteiger partial charge in [0.1, 0.15) is 5.82 Å². The number of aryl methyl sites for hydroxylation is 1. The van der Waals surface area contributed by atoms with Gasteiger partial charge in [-0.15, -0.1) is 0 Å². The predicted molar refractivity (Wildman–Crippen MR) is 82.4 cm³/mol. The Morgan fingerprint density at radius 3 is 2.63 bits per heavy atom. The summed E-state index contributed by atoms with van der Waals surface area (Å²) in [6.45, 7) is 11.4. The van der Waals surface area contributed by atoms with Gasteiger partial charge in [0.05, 0.1) is 11.9 Å². The molecule has 1 aromatic heterocycles. The van der Waals surface area contributed by atoms with Crippen LogP contribution in [-0.2, 0) is 0 Å². The van der Waals surface area contributed by atoms with Crippen LogP contribution >= 0.6 is 0 Å². The lowest BCUT2D eigenvalue weighted by Crippen LogP contribution is -2.26. The number of hydrogen-bond donors (Lipinski definition) is 1. The summed E-state index contributed by atoms with van der Waals surface area (Å²) in [5.41, 5.74) is 8.17. The minimum absolute atomic E-state index is 0.417. The molecule has 3 nitrogen and oxygen atoms in total. The van der Waals surface area contributed by atoms with Crippen LogP contribution in [0.4, 0.5) is 11.5 Å². The van der Waals surface area contributed by atoms with Gasteiger partial charge in [0.25, 0.3) is 0 Å². The number of rotatable bonds is 1. The fourth-order valence-corrected chi connectivity index (χ4v) is 2.92. The van der Waals surface area contributed by atoms with Crippen LogP contribution in [0.3, 0.4) is 0 Å². The third-order valence-corrected chi connectivity index (χ3v) is 4.41. The second-order valence-electron chi connectivity index (χ2n) is 6.88. The number of nitrogen functional groups attached to an aromatic ring is 1. The maximum Gasteiger partial charge on any atom is 0.128 e. The molecule has 0 saturated carbocycles. The number of aromatic nitrogens is 1. The molecule has 1 aliphatic rings. The van der Waals surface area contributed by atoms with E-state index in [0.29, 0.717) is 5.41 Å². The maximum atomic E-state index is 5.85. The quantitative estimate of drug-likeness (QED) is 0.839. The predicted octanol–water partition coefficient (Wildman–Crippen LogP) is 3.62. The second kappa shape index (κ2) is 5.40. The Morgan fingerprint density at radius 1 is 1.26 bits per heavy atom. The molecule has 2 rings (SSSR count). The molecule has 0 radical (unpaired) electrons. The summed E-state index contributed by atoms with van der Waals surface area (Å²) < 4.78 is 0. The van der Waals surface area contributed by atoms with Crippen LogP contribution in [0.5, 0.6) is 0 Å². The summed E-state index contributed by atoms with van der Waals surface area (Å²) in [4.78, 5) is 6.91. The van der Waals surface area contributed by atoms with Crippen molar-refractivity contribution >= 4 is 11.5 Å². The number of hydrogen-bond acceptors (Lipinski definition) is 3. The van der Waals surface area contributed by atoms with Crippen LogP contribution in [0.15, 0.2) is 12.3 Å². The first kappa shape index (κ1) is 14.2. The van der Waals surface area contributed by atoms with E-state index in [0.717, 1.165) is 36.1 Å². The molecule has 0 aliphatic carbocycles. The zero-order valence-corrected chi connectivity index (χ0v) is 12.7. The van der Waals surface area contributed by atoms with Crippen molar-refractivity contribution in [3.8, 4) is 0 Å². The number of nitrogens with zero attached hydrogens (tertiary/aromatic N) is 2. The van der Waals surface area contributed by atoms with Crippen molar-refractivity contribution in [2.45, 2.75) is 47.0 Å². The van der Waals surface area contributed by atoms with E-state index in [1.165, 1.54) is 19.3 Å². The Kier molecular flexibility index (Phi) is 4.02. The fraction of sp³-hybridized carbons (Fsp3) is 0.688. The highest BCUT2D eigenvalue weighted by Crippen LogP contribution is 2.35. The van der Waals surface area contributed by atoms with E-state index in [1.54, 1.807) is 6.20 Å². The van der Waals surface area contributed by atoms with Gasteiger partial charge in [0.15, 0.2) is 0 Å². The van der Waals surface area contributed by atoms with E-state index in [2.05, 4.69) is 43.6 Å². The molecule has 0 spiro atoms. The molecule has 2 N–H and O–H groups in total. The highest BCUT2D eigenvalue weighted by molar-refractivity contribution is 5.52. The van der Waals surface area contributed by atoms with Gasteiger partial charge in [0, 0.05) is 13.1 Å². The standard InChI is InChI=1S/C16H27N3/c1-12-10-15(18-11-14(12)17)19-8-5-6-13(7-9-19)16(2,3)4/h10-11,13H,5-9,17H2,1-4H3. The van der Waals surface area contributed by atoms with Crippen LogP contribution in [0.2, 0.25) is 0 Å². The van der Waals surface area contributed by atoms with E-state index >= 15 is 0 Å². The molecule has 0 amide bonds. The van der Waals surface area contributed by atoms with Gasteiger partial charge in [-0.05, 0) is 49.1 Å². The van der Waals surface area contributed by atoms with Gasteiger partial charge in [-0.25, -0.2) is 4.98 Å². The molecule has 0 bridgehead atoms. The van der Waals surface area contributed by atoms with Crippen molar-refractivity contribution in [1.29, 1.82) is 0 Å². The summed E-state index contributed by atoms with van der Waals surface area (Å²) in [5, 5.41) is 0. The minimum Gasteiger partial charge on any atom is -0.397 e. The Balaban J connectivity index is 2.08. The van der Waals surface area contributed by atoms with Gasteiger partial charge in [-0.3, -0.25) is 0 Å². The third kappa shape index (κ3) is 3.40. The molecule has 1 saturated heterocycles. The SMILES string of the molecule is Cc1cc(N2CCCC(C(C)(C)C)CC2)ncc1N. The average Bonchev–Trinajstić information content (AvgIpc) is 2.57. The first-order valence-corrected chi connectivity index (χ1v) is 7.35. The second-order valence-corrected chi connectivity index (χ2v) is 6.88. The summed E-state index contributed by atoms with van der Waals surface area (Å²) >= 11 is 0. The molecule has 1 atom stereocenters. The highest BCUT2D eigenvalue weighted by Gasteiger charge is 2.27. The van der Waals surface area contributed by atoms with E-state index in [4.69, 9.17) is 5.73 Å². The average molecular weight is 261 g/mol. The highest BCUT2D eigenvalue weighted by atomic mass is 15.2. The van der Waals surface area contributed by atoms with Gasteiger partial charge >= 0.3 is 0 Å². The molecule has 1 unspecified atom stereocenters. The Morgan fingerprint density at radius 2 is 2.00 bits per heavy atom. The molecule has 1 fully saturated rings. The summed E-state index contributed by atoms with van der Waals surface area (Å²) in [6, 6.07) is 2.12. The normalized spacial score (nSPS) is 21.3. The first-order valence-electron chi connectivity index (χ1n) is 7.35. The van der Waals surface area contributed by atoms with Crippen LogP contribution in [0.25, 0.3) is 0 Å². The van der Waals surface area contributed by atoms with Gasteiger partial charge in [-0.2, -0.15) is 0 Å². The van der Waals surface area contributed by atoms with Gasteiger partial charge < -0.3 is 10.6 Å². The van der Waals surface area contributed by atoms with Gasteiger partial charge in [0.2, 0.25) is 0 Å². The van der Waals surface area contributed by atoms with E-state index in [1.807, 2.05) is 0 Å². The number of nitrogens with two attached hydrogens (primary N) is 1. The topological polar surface area (TPSA) is 42.2 Å². The smallest absolute Gasteiger partial charge is 0.128 e. The molecular weight excluding hydrogens is 234 g/mol. The lowest BCUT2D eigenvalue weighted by Gasteiger charge is -2.30. The largest absolute Gasteiger partial charge is 0.397 e. The monoisotopic (exact) mass is 261 g/mol. The Hall–Kier alpha value is -1.25. The van der Waals surface area contributed by atoms with Crippen molar-refractivity contribution in [1.82, 2.24) is 4.98 Å². The maximum absolute atomic E-state index is 5.85. The third-order valence-electron chi connectivity index (χ3n) is 4.41. The first-order chi connectivity index (χ1) is 8.88. The summed E-state index contributed by atoms with van der Waals surface area (Å²) in [7, 11) is 0. The van der Waals surface area contributed by atoms with Gasteiger partial charge in [-0.1, -0.05) is 20.8 Å². The van der Waals surface area contributed by atoms with E-state index < -0.39 is 0 Å².